The molecule has 0 radical (unpaired) electrons. The summed E-state index contributed by atoms with van der Waals surface area (Å²) in [6.07, 6.45) is 0.684. The van der Waals surface area contributed by atoms with Crippen molar-refractivity contribution < 1.29 is 13.5 Å². The molecule has 1 atom stereocenters. The van der Waals surface area contributed by atoms with Crippen molar-refractivity contribution >= 4 is 0 Å². The summed E-state index contributed by atoms with van der Waals surface area (Å²) in [5.74, 6) is 0.164. The van der Waals surface area contributed by atoms with E-state index in [9.17, 15) is 8.78 Å². The number of alkyl halides is 2. The van der Waals surface area contributed by atoms with Crippen LogP contribution in [-0.4, -0.2) is 6.61 Å². The van der Waals surface area contributed by atoms with E-state index < -0.39 is 6.61 Å². The second-order valence-corrected chi connectivity index (χ2v) is 2.93. The fraction of sp³-hybridized carbons (Fsp3) is 0.400. The second kappa shape index (κ2) is 4.91. The molecule has 4 heteroatoms. The lowest BCUT2D eigenvalue weighted by Gasteiger charge is -2.14. The third-order valence-electron chi connectivity index (χ3n) is 1.97. The predicted molar refractivity (Wildman–Crippen MR) is 50.3 cm³/mol. The first-order valence-corrected chi connectivity index (χ1v) is 4.44. The molecular weight excluding hydrogens is 188 g/mol. The number of rotatable bonds is 4. The van der Waals surface area contributed by atoms with Crippen LogP contribution in [0, 0.1) is 0 Å². The molecule has 78 valence electrons. The Balaban J connectivity index is 2.91. The highest BCUT2D eigenvalue weighted by Crippen LogP contribution is 2.26. The summed E-state index contributed by atoms with van der Waals surface area (Å²) >= 11 is 0. The summed E-state index contributed by atoms with van der Waals surface area (Å²) in [6.45, 7) is -0.913. The molecule has 0 aromatic heterocycles. The molecule has 0 aliphatic heterocycles. The molecule has 14 heavy (non-hydrogen) atoms. The van der Waals surface area contributed by atoms with Gasteiger partial charge in [0.05, 0.1) is 0 Å². The van der Waals surface area contributed by atoms with E-state index >= 15 is 0 Å². The first-order valence-electron chi connectivity index (χ1n) is 4.44. The molecule has 2 nitrogen and oxygen atoms in total. The van der Waals surface area contributed by atoms with Gasteiger partial charge < -0.3 is 10.5 Å². The first-order chi connectivity index (χ1) is 6.65. The van der Waals surface area contributed by atoms with Crippen molar-refractivity contribution in [2.24, 2.45) is 5.73 Å². The summed E-state index contributed by atoms with van der Waals surface area (Å²) in [6, 6.07) is 6.33. The van der Waals surface area contributed by atoms with Gasteiger partial charge in [0.25, 0.3) is 0 Å². The largest absolute Gasteiger partial charge is 0.434 e. The molecule has 0 amide bonds. The zero-order valence-electron chi connectivity index (χ0n) is 7.91. The van der Waals surface area contributed by atoms with Crippen LogP contribution in [0.3, 0.4) is 0 Å². The van der Waals surface area contributed by atoms with Crippen molar-refractivity contribution in [1.82, 2.24) is 0 Å². The number of ether oxygens (including phenoxy) is 1. The fourth-order valence-corrected chi connectivity index (χ4v) is 1.21. The summed E-state index contributed by atoms with van der Waals surface area (Å²) in [4.78, 5) is 0. The van der Waals surface area contributed by atoms with Crippen molar-refractivity contribution in [2.45, 2.75) is 26.0 Å². The van der Waals surface area contributed by atoms with E-state index in [4.69, 9.17) is 5.73 Å². The highest BCUT2D eigenvalue weighted by atomic mass is 19.3. The van der Waals surface area contributed by atoms with E-state index in [0.717, 1.165) is 0 Å². The molecule has 0 fully saturated rings. The highest BCUT2D eigenvalue weighted by Gasteiger charge is 2.12. The van der Waals surface area contributed by atoms with E-state index in [1.165, 1.54) is 6.07 Å². The lowest BCUT2D eigenvalue weighted by molar-refractivity contribution is -0.0506. The summed E-state index contributed by atoms with van der Waals surface area (Å²) in [5, 5.41) is 0. The van der Waals surface area contributed by atoms with Crippen LogP contribution in [0.4, 0.5) is 8.78 Å². The quantitative estimate of drug-likeness (QED) is 0.812. The van der Waals surface area contributed by atoms with Crippen LogP contribution in [-0.2, 0) is 0 Å². The zero-order chi connectivity index (χ0) is 10.6. The van der Waals surface area contributed by atoms with Gasteiger partial charge in [-0.25, -0.2) is 0 Å². The lowest BCUT2D eigenvalue weighted by atomic mass is 10.0. The molecule has 0 heterocycles. The highest BCUT2D eigenvalue weighted by molar-refractivity contribution is 5.35. The van der Waals surface area contributed by atoms with E-state index in [0.29, 0.717) is 12.0 Å². The number of hydrogen-bond acceptors (Lipinski definition) is 2. The van der Waals surface area contributed by atoms with Crippen molar-refractivity contribution in [3.8, 4) is 5.75 Å². The number of halogens is 2. The van der Waals surface area contributed by atoms with Gasteiger partial charge in [-0.05, 0) is 12.5 Å². The van der Waals surface area contributed by atoms with Crippen molar-refractivity contribution in [2.75, 3.05) is 0 Å². The molecule has 0 saturated heterocycles. The van der Waals surface area contributed by atoms with Crippen LogP contribution >= 0.6 is 0 Å². The average molecular weight is 201 g/mol. The number of para-hydroxylation sites is 1. The number of hydrogen-bond donors (Lipinski definition) is 1. The van der Waals surface area contributed by atoms with Gasteiger partial charge in [-0.2, -0.15) is 8.78 Å². The van der Waals surface area contributed by atoms with Gasteiger partial charge in [0, 0.05) is 11.6 Å². The van der Waals surface area contributed by atoms with Crippen LogP contribution in [0.25, 0.3) is 0 Å². The van der Waals surface area contributed by atoms with E-state index in [2.05, 4.69) is 4.74 Å². The van der Waals surface area contributed by atoms with E-state index in [-0.39, 0.29) is 11.8 Å². The Morgan fingerprint density at radius 2 is 2.00 bits per heavy atom. The summed E-state index contributed by atoms with van der Waals surface area (Å²) in [5.41, 5.74) is 6.37. The number of benzene rings is 1. The van der Waals surface area contributed by atoms with Crippen LogP contribution < -0.4 is 10.5 Å². The van der Waals surface area contributed by atoms with Crippen molar-refractivity contribution in [1.29, 1.82) is 0 Å². The van der Waals surface area contributed by atoms with Crippen LogP contribution in [0.2, 0.25) is 0 Å². The maximum atomic E-state index is 12.0. The predicted octanol–water partition coefficient (Wildman–Crippen LogP) is 2.70. The topological polar surface area (TPSA) is 35.2 Å². The van der Waals surface area contributed by atoms with Gasteiger partial charge in [0.1, 0.15) is 5.75 Å². The smallest absolute Gasteiger partial charge is 0.387 e. The molecule has 0 unspecified atom stereocenters. The molecule has 0 bridgehead atoms. The van der Waals surface area contributed by atoms with Gasteiger partial charge in [-0.15, -0.1) is 0 Å². The Morgan fingerprint density at radius 1 is 1.36 bits per heavy atom. The lowest BCUT2D eigenvalue weighted by Crippen LogP contribution is -2.12. The monoisotopic (exact) mass is 201 g/mol. The van der Waals surface area contributed by atoms with Gasteiger partial charge in [-0.1, -0.05) is 25.1 Å². The third-order valence-corrected chi connectivity index (χ3v) is 1.97. The van der Waals surface area contributed by atoms with Crippen molar-refractivity contribution in [3.05, 3.63) is 29.8 Å². The van der Waals surface area contributed by atoms with Gasteiger partial charge in [0.2, 0.25) is 0 Å². The maximum Gasteiger partial charge on any atom is 0.387 e. The second-order valence-electron chi connectivity index (χ2n) is 2.93. The first kappa shape index (κ1) is 10.9. The Morgan fingerprint density at radius 3 is 2.57 bits per heavy atom. The fourth-order valence-electron chi connectivity index (χ4n) is 1.21. The standard InChI is InChI=1S/C10H13F2NO/c1-2-8(13)7-5-3-4-6-9(7)14-10(11)12/h3-6,8,10H,2,13H2,1H3/t8-/m0/s1. The van der Waals surface area contributed by atoms with Gasteiger partial charge >= 0.3 is 6.61 Å². The Labute approximate surface area is 81.7 Å². The van der Waals surface area contributed by atoms with E-state index in [1.54, 1.807) is 18.2 Å². The SMILES string of the molecule is CC[C@H](N)c1ccccc1OC(F)F. The molecule has 0 aliphatic rings. The normalized spacial score (nSPS) is 12.9. The molecule has 1 rings (SSSR count). The molecular formula is C10H13F2NO. The third kappa shape index (κ3) is 2.67. The molecule has 2 N–H and O–H groups in total. The van der Waals surface area contributed by atoms with Crippen LogP contribution in [0.15, 0.2) is 24.3 Å². The minimum Gasteiger partial charge on any atom is -0.434 e. The maximum absolute atomic E-state index is 12.0. The molecule has 0 saturated carbocycles. The van der Waals surface area contributed by atoms with Crippen LogP contribution in [0.5, 0.6) is 5.75 Å². The number of nitrogens with two attached hydrogens (primary N) is 1. The van der Waals surface area contributed by atoms with Gasteiger partial charge in [0.15, 0.2) is 0 Å². The average Bonchev–Trinajstić information content (AvgIpc) is 2.16. The Hall–Kier alpha value is -1.16. The van der Waals surface area contributed by atoms with E-state index in [1.807, 2.05) is 6.92 Å². The Bertz CT molecular complexity index is 291. The molecule has 0 aliphatic carbocycles. The zero-order valence-corrected chi connectivity index (χ0v) is 7.91. The summed E-state index contributed by atoms with van der Waals surface area (Å²) in [7, 11) is 0. The molecule has 1 aromatic carbocycles. The minimum atomic E-state index is -2.81. The Kier molecular flexibility index (Phi) is 3.83. The van der Waals surface area contributed by atoms with Crippen molar-refractivity contribution in [3.63, 3.8) is 0 Å². The minimum absolute atomic E-state index is 0.164. The molecule has 0 spiro atoms. The molecule has 1 aromatic rings. The van der Waals surface area contributed by atoms with Crippen LogP contribution in [0.1, 0.15) is 24.9 Å². The summed E-state index contributed by atoms with van der Waals surface area (Å²) < 4.78 is 28.4. The van der Waals surface area contributed by atoms with Gasteiger partial charge in [-0.3, -0.25) is 0 Å².